The highest BCUT2D eigenvalue weighted by atomic mass is 127. The van der Waals surface area contributed by atoms with Crippen LogP contribution in [-0.2, 0) is 22.1 Å². The molecule has 0 saturated carbocycles. The molecule has 0 aliphatic carbocycles. The molecule has 0 bridgehead atoms. The number of carbonyl (C=O) groups is 1. The molecule has 176 valence electrons. The standard InChI is InChI=1S/C23H32N4O3S.HI/c1-4-24-23(26-17-19-11-13-21(14-12-19)22(28)27(2)3)25-15-8-16-31(29,30)18-20-9-6-5-7-10-20;/h5-7,9-14H,4,8,15-18H2,1-3H3,(H2,24,25,26);1H. The van der Waals surface area contributed by atoms with Crippen LogP contribution in [0, 0.1) is 0 Å². The molecule has 2 N–H and O–H groups in total. The number of benzene rings is 2. The molecule has 0 fully saturated rings. The van der Waals surface area contributed by atoms with Crippen LogP contribution in [0.2, 0.25) is 0 Å². The van der Waals surface area contributed by atoms with Gasteiger partial charge < -0.3 is 15.5 Å². The summed E-state index contributed by atoms with van der Waals surface area (Å²) in [5.74, 6) is 0.785. The Morgan fingerprint density at radius 2 is 1.62 bits per heavy atom. The van der Waals surface area contributed by atoms with Crippen molar-refractivity contribution < 1.29 is 13.2 Å². The second-order valence-electron chi connectivity index (χ2n) is 7.45. The molecular formula is C23H33IN4O3S. The molecule has 0 atom stereocenters. The number of nitrogens with zero attached hydrogens (tertiary/aromatic N) is 2. The van der Waals surface area contributed by atoms with E-state index in [4.69, 9.17) is 0 Å². The van der Waals surface area contributed by atoms with E-state index in [2.05, 4.69) is 15.6 Å². The molecule has 0 heterocycles. The maximum absolute atomic E-state index is 12.3. The third-order valence-corrected chi connectivity index (χ3v) is 6.21. The first kappa shape index (κ1) is 27.9. The fraction of sp³-hybridized carbons (Fsp3) is 0.391. The highest BCUT2D eigenvalue weighted by Gasteiger charge is 2.12. The van der Waals surface area contributed by atoms with Crippen LogP contribution in [-0.4, -0.2) is 58.1 Å². The summed E-state index contributed by atoms with van der Waals surface area (Å²) in [5, 5.41) is 6.35. The van der Waals surface area contributed by atoms with Crippen LogP contribution >= 0.6 is 24.0 Å². The molecule has 0 aromatic heterocycles. The van der Waals surface area contributed by atoms with Gasteiger partial charge in [0.05, 0.1) is 18.1 Å². The van der Waals surface area contributed by atoms with Crippen LogP contribution in [0.1, 0.15) is 34.8 Å². The van der Waals surface area contributed by atoms with Crippen molar-refractivity contribution in [3.05, 3.63) is 71.3 Å². The van der Waals surface area contributed by atoms with Crippen molar-refractivity contribution >= 4 is 45.7 Å². The Morgan fingerprint density at radius 3 is 2.22 bits per heavy atom. The maximum atomic E-state index is 12.3. The van der Waals surface area contributed by atoms with E-state index in [9.17, 15) is 13.2 Å². The summed E-state index contributed by atoms with van der Waals surface area (Å²) in [7, 11) is 0.299. The fourth-order valence-corrected chi connectivity index (χ4v) is 4.35. The van der Waals surface area contributed by atoms with E-state index < -0.39 is 9.84 Å². The summed E-state index contributed by atoms with van der Waals surface area (Å²) >= 11 is 0. The molecule has 0 aliphatic rings. The van der Waals surface area contributed by atoms with Crippen LogP contribution < -0.4 is 10.6 Å². The number of hydrogen-bond donors (Lipinski definition) is 2. The molecule has 0 spiro atoms. The topological polar surface area (TPSA) is 90.9 Å². The molecule has 2 aromatic rings. The zero-order valence-corrected chi connectivity index (χ0v) is 22.0. The van der Waals surface area contributed by atoms with E-state index in [0.717, 1.165) is 11.1 Å². The minimum atomic E-state index is -3.15. The van der Waals surface area contributed by atoms with Crippen LogP contribution in [0.15, 0.2) is 59.6 Å². The lowest BCUT2D eigenvalue weighted by Crippen LogP contribution is -2.38. The van der Waals surface area contributed by atoms with Gasteiger partial charge in [0, 0.05) is 32.7 Å². The summed E-state index contributed by atoms with van der Waals surface area (Å²) in [6, 6.07) is 16.6. The van der Waals surface area contributed by atoms with Gasteiger partial charge in [-0.3, -0.25) is 4.79 Å². The van der Waals surface area contributed by atoms with Crippen molar-refractivity contribution in [3.8, 4) is 0 Å². The third-order valence-electron chi connectivity index (χ3n) is 4.53. The van der Waals surface area contributed by atoms with E-state index in [1.54, 1.807) is 31.1 Å². The Labute approximate surface area is 208 Å². The number of carbonyl (C=O) groups excluding carboxylic acids is 1. The van der Waals surface area contributed by atoms with Gasteiger partial charge in [-0.05, 0) is 36.6 Å². The molecular weight excluding hydrogens is 539 g/mol. The number of nitrogens with one attached hydrogen (secondary N) is 2. The number of amides is 1. The monoisotopic (exact) mass is 572 g/mol. The quantitative estimate of drug-likeness (QED) is 0.198. The zero-order valence-electron chi connectivity index (χ0n) is 18.9. The van der Waals surface area contributed by atoms with Crippen LogP contribution in [0.5, 0.6) is 0 Å². The number of guanidine groups is 1. The average Bonchev–Trinajstić information content (AvgIpc) is 2.75. The van der Waals surface area contributed by atoms with Gasteiger partial charge >= 0.3 is 0 Å². The van der Waals surface area contributed by atoms with Gasteiger partial charge in [-0.25, -0.2) is 13.4 Å². The van der Waals surface area contributed by atoms with Gasteiger partial charge in [0.25, 0.3) is 5.91 Å². The van der Waals surface area contributed by atoms with Gasteiger partial charge in [0.2, 0.25) is 0 Å². The predicted octanol–water partition coefficient (Wildman–Crippen LogP) is 3.07. The lowest BCUT2D eigenvalue weighted by Gasteiger charge is -2.12. The maximum Gasteiger partial charge on any atom is 0.253 e. The molecule has 1 amide bonds. The first-order chi connectivity index (χ1) is 14.8. The molecule has 0 radical (unpaired) electrons. The summed E-state index contributed by atoms with van der Waals surface area (Å²) in [5.41, 5.74) is 2.43. The van der Waals surface area contributed by atoms with Crippen LogP contribution in [0.3, 0.4) is 0 Å². The SMILES string of the molecule is CCNC(=NCc1ccc(C(=O)N(C)C)cc1)NCCCS(=O)(=O)Cc1ccccc1.I. The molecule has 9 heteroatoms. The lowest BCUT2D eigenvalue weighted by atomic mass is 10.1. The highest BCUT2D eigenvalue weighted by molar-refractivity contribution is 14.0. The molecule has 0 saturated heterocycles. The second-order valence-corrected chi connectivity index (χ2v) is 9.63. The van der Waals surface area contributed by atoms with Gasteiger partial charge in [-0.2, -0.15) is 0 Å². The number of rotatable bonds is 10. The Hall–Kier alpha value is -2.14. The van der Waals surface area contributed by atoms with E-state index >= 15 is 0 Å². The van der Waals surface area contributed by atoms with Crippen molar-refractivity contribution in [2.24, 2.45) is 4.99 Å². The van der Waals surface area contributed by atoms with Crippen molar-refractivity contribution in [1.82, 2.24) is 15.5 Å². The number of aliphatic imine (C=N–C) groups is 1. The molecule has 2 rings (SSSR count). The summed E-state index contributed by atoms with van der Waals surface area (Å²) < 4.78 is 24.6. The van der Waals surface area contributed by atoms with Crippen molar-refractivity contribution in [2.75, 3.05) is 32.9 Å². The minimum absolute atomic E-state index is 0. The first-order valence-electron chi connectivity index (χ1n) is 10.4. The Morgan fingerprint density at radius 1 is 0.969 bits per heavy atom. The zero-order chi connectivity index (χ0) is 22.7. The van der Waals surface area contributed by atoms with Crippen LogP contribution in [0.25, 0.3) is 0 Å². The molecule has 0 aliphatic heterocycles. The normalized spacial score (nSPS) is 11.4. The van der Waals surface area contributed by atoms with E-state index in [0.29, 0.717) is 37.6 Å². The smallest absolute Gasteiger partial charge is 0.253 e. The van der Waals surface area contributed by atoms with Gasteiger partial charge in [0.1, 0.15) is 0 Å². The largest absolute Gasteiger partial charge is 0.357 e. The molecule has 0 unspecified atom stereocenters. The summed E-state index contributed by atoms with van der Waals surface area (Å²) in [6.45, 7) is 3.64. The van der Waals surface area contributed by atoms with Crippen LogP contribution in [0.4, 0.5) is 0 Å². The predicted molar refractivity (Wildman–Crippen MR) is 141 cm³/mol. The van der Waals surface area contributed by atoms with E-state index in [1.807, 2.05) is 49.4 Å². The highest BCUT2D eigenvalue weighted by Crippen LogP contribution is 2.08. The first-order valence-corrected chi connectivity index (χ1v) is 12.2. The molecule has 2 aromatic carbocycles. The minimum Gasteiger partial charge on any atom is -0.357 e. The van der Waals surface area contributed by atoms with E-state index in [-0.39, 0.29) is 41.4 Å². The Kier molecular flexibility index (Phi) is 12.3. The summed E-state index contributed by atoms with van der Waals surface area (Å²) in [6.07, 6.45) is 0.501. The van der Waals surface area contributed by atoms with Crippen molar-refractivity contribution in [2.45, 2.75) is 25.6 Å². The van der Waals surface area contributed by atoms with Crippen molar-refractivity contribution in [1.29, 1.82) is 0 Å². The fourth-order valence-electron chi connectivity index (χ4n) is 2.92. The van der Waals surface area contributed by atoms with Gasteiger partial charge in [-0.15, -0.1) is 24.0 Å². The van der Waals surface area contributed by atoms with Gasteiger partial charge in [0.15, 0.2) is 15.8 Å². The lowest BCUT2D eigenvalue weighted by molar-refractivity contribution is 0.0827. The summed E-state index contributed by atoms with van der Waals surface area (Å²) in [4.78, 5) is 18.0. The van der Waals surface area contributed by atoms with Gasteiger partial charge in [-0.1, -0.05) is 42.5 Å². The number of sulfone groups is 1. The molecule has 7 nitrogen and oxygen atoms in total. The third kappa shape index (κ3) is 9.99. The molecule has 32 heavy (non-hydrogen) atoms. The van der Waals surface area contributed by atoms with Crippen molar-refractivity contribution in [3.63, 3.8) is 0 Å². The van der Waals surface area contributed by atoms with E-state index in [1.165, 1.54) is 0 Å². The average molecular weight is 573 g/mol. The number of hydrogen-bond acceptors (Lipinski definition) is 4. The Bertz CT molecular complexity index is 962. The Balaban J connectivity index is 0.00000512. The second kappa shape index (κ2) is 14.1. The number of halogens is 1.